The van der Waals surface area contributed by atoms with Crippen LogP contribution in [0.25, 0.3) is 23.0 Å². The summed E-state index contributed by atoms with van der Waals surface area (Å²) in [5, 5.41) is 4.95. The zero-order valence-corrected chi connectivity index (χ0v) is 28.0. The number of carbonyl (C=O) groups excluding carboxylic acids is 2. The number of carbonyl (C=O) groups is 2. The Bertz CT molecular complexity index is 2230. The van der Waals surface area contributed by atoms with E-state index in [1.165, 1.54) is 29.9 Å². The van der Waals surface area contributed by atoms with Gasteiger partial charge in [0, 0.05) is 24.2 Å². The molecule has 0 aliphatic carbocycles. The van der Waals surface area contributed by atoms with E-state index < -0.39 is 18.0 Å². The molecule has 0 N–H and O–H groups in total. The molecule has 10 nitrogen and oxygen atoms in total. The van der Waals surface area contributed by atoms with Crippen molar-refractivity contribution in [2.45, 2.75) is 40.2 Å². The summed E-state index contributed by atoms with van der Waals surface area (Å²) in [6.45, 7) is 7.74. The molecule has 0 radical (unpaired) electrons. The molecule has 11 heteroatoms. The van der Waals surface area contributed by atoms with E-state index in [2.05, 4.69) is 11.9 Å². The summed E-state index contributed by atoms with van der Waals surface area (Å²) in [5.74, 6) is 0.123. The van der Waals surface area contributed by atoms with Crippen LogP contribution < -0.4 is 24.4 Å². The maximum Gasteiger partial charge on any atom is 0.338 e. The fourth-order valence-corrected chi connectivity index (χ4v) is 6.67. The van der Waals surface area contributed by atoms with E-state index in [0.29, 0.717) is 38.6 Å². The molecule has 6 rings (SSSR count). The average molecular weight is 663 g/mol. The highest BCUT2D eigenvalue weighted by Crippen LogP contribution is 2.32. The number of ether oxygens (including phenoxy) is 3. The molecule has 5 aromatic rings. The van der Waals surface area contributed by atoms with Crippen LogP contribution in [0.15, 0.2) is 100 Å². The zero-order chi connectivity index (χ0) is 33.9. The lowest BCUT2D eigenvalue weighted by molar-refractivity contribution is -0.136. The Morgan fingerprint density at radius 1 is 1.02 bits per heavy atom. The quantitative estimate of drug-likeness (QED) is 0.156. The molecule has 0 unspecified atom stereocenters. The molecule has 1 atom stereocenters. The van der Waals surface area contributed by atoms with Crippen LogP contribution in [0.4, 0.5) is 0 Å². The van der Waals surface area contributed by atoms with Gasteiger partial charge >= 0.3 is 11.9 Å². The van der Waals surface area contributed by atoms with Crippen LogP contribution in [0, 0.1) is 6.92 Å². The third kappa shape index (κ3) is 6.37. The molecule has 2 aromatic heterocycles. The van der Waals surface area contributed by atoms with E-state index >= 15 is 0 Å². The number of fused-ring (bicyclic) bond motifs is 1. The van der Waals surface area contributed by atoms with Crippen molar-refractivity contribution >= 4 is 29.4 Å². The summed E-state index contributed by atoms with van der Waals surface area (Å²) in [4.78, 5) is 44.0. The topological polar surface area (TPSA) is 114 Å². The Kier molecular flexibility index (Phi) is 9.22. The number of para-hydroxylation sites is 1. The van der Waals surface area contributed by atoms with Crippen LogP contribution in [0.5, 0.6) is 11.5 Å². The summed E-state index contributed by atoms with van der Waals surface area (Å²) < 4.78 is 20.0. The van der Waals surface area contributed by atoms with Gasteiger partial charge in [-0.1, -0.05) is 48.6 Å². The van der Waals surface area contributed by atoms with Crippen LogP contribution in [0.3, 0.4) is 0 Å². The molecule has 0 spiro atoms. The maximum atomic E-state index is 14.3. The normalized spacial score (nSPS) is 14.4. The average Bonchev–Trinajstić information content (AvgIpc) is 3.64. The Labute approximate surface area is 280 Å². The number of allylic oxidation sites excluding steroid dienone is 1. The molecule has 244 valence electrons. The molecule has 1 aliphatic rings. The largest absolute Gasteiger partial charge is 0.493 e. The third-order valence-corrected chi connectivity index (χ3v) is 8.83. The third-order valence-electron chi connectivity index (χ3n) is 7.84. The molecule has 0 fully saturated rings. The van der Waals surface area contributed by atoms with Crippen molar-refractivity contribution in [2.75, 3.05) is 13.7 Å². The predicted molar refractivity (Wildman–Crippen MR) is 183 cm³/mol. The van der Waals surface area contributed by atoms with Gasteiger partial charge in [-0.3, -0.25) is 14.2 Å². The van der Waals surface area contributed by atoms with Crippen molar-refractivity contribution < 1.29 is 23.8 Å². The standard InChI is InChI=1S/C37H34N4O6S/c1-6-18-46-30-17-14-26(19-22(30)2)33-27(21-40(39-33)28-10-8-7-9-11-28)20-31-35(43)41-34(25-12-15-29(16-13-25)47-24(4)42)32(36(44)45-5)23(3)38-37(41)48-31/h7-17,19-21,34H,6,18H2,1-5H3/b31-20-/t34-/m1/s1. The number of methoxy groups -OCH3 is 1. The lowest BCUT2D eigenvalue weighted by atomic mass is 9.96. The first-order chi connectivity index (χ1) is 23.2. The van der Waals surface area contributed by atoms with Gasteiger partial charge in [-0.05, 0) is 79.9 Å². The van der Waals surface area contributed by atoms with Crippen LogP contribution in [0.1, 0.15) is 49.9 Å². The van der Waals surface area contributed by atoms with Gasteiger partial charge in [0.05, 0.1) is 41.2 Å². The molecule has 0 saturated heterocycles. The van der Waals surface area contributed by atoms with Gasteiger partial charge in [-0.2, -0.15) is 5.10 Å². The number of nitrogens with zero attached hydrogens (tertiary/aromatic N) is 4. The SMILES string of the molecule is CCCOc1ccc(-c2nn(-c3ccccc3)cc2/C=c2\sc3n(c2=O)[C@H](c2ccc(OC(C)=O)cc2)C(C(=O)OC)=C(C)N=3)cc1C. The number of benzene rings is 3. The predicted octanol–water partition coefficient (Wildman–Crippen LogP) is 5.28. The van der Waals surface area contributed by atoms with E-state index in [1.54, 1.807) is 35.9 Å². The number of aryl methyl sites for hydroxylation is 1. The Balaban J connectivity index is 1.52. The summed E-state index contributed by atoms with van der Waals surface area (Å²) in [6, 6.07) is 21.6. The monoisotopic (exact) mass is 662 g/mol. The lowest BCUT2D eigenvalue weighted by Gasteiger charge is -2.24. The zero-order valence-electron chi connectivity index (χ0n) is 27.2. The van der Waals surface area contributed by atoms with E-state index in [0.717, 1.165) is 34.5 Å². The van der Waals surface area contributed by atoms with Gasteiger partial charge in [0.1, 0.15) is 17.2 Å². The van der Waals surface area contributed by atoms with Crippen molar-refractivity contribution in [2.24, 2.45) is 4.99 Å². The van der Waals surface area contributed by atoms with Crippen LogP contribution in [-0.4, -0.2) is 40.0 Å². The summed E-state index contributed by atoms with van der Waals surface area (Å²) in [5.41, 5.74) is 5.15. The minimum absolute atomic E-state index is 0.245. The van der Waals surface area contributed by atoms with Crippen LogP contribution in [-0.2, 0) is 14.3 Å². The minimum atomic E-state index is -0.813. The first-order valence-electron chi connectivity index (χ1n) is 15.5. The Hall–Kier alpha value is -5.55. The number of rotatable bonds is 9. The van der Waals surface area contributed by atoms with Gasteiger partial charge in [0.25, 0.3) is 5.56 Å². The smallest absolute Gasteiger partial charge is 0.338 e. The van der Waals surface area contributed by atoms with Gasteiger partial charge in [-0.15, -0.1) is 0 Å². The highest BCUT2D eigenvalue weighted by Gasteiger charge is 2.33. The van der Waals surface area contributed by atoms with Crippen molar-refractivity contribution in [1.29, 1.82) is 0 Å². The lowest BCUT2D eigenvalue weighted by Crippen LogP contribution is -2.39. The van der Waals surface area contributed by atoms with Gasteiger partial charge < -0.3 is 14.2 Å². The molecule has 3 heterocycles. The summed E-state index contributed by atoms with van der Waals surface area (Å²) in [7, 11) is 1.30. The number of thiazole rings is 1. The van der Waals surface area contributed by atoms with E-state index in [9.17, 15) is 14.4 Å². The first kappa shape index (κ1) is 32.4. The number of hydrogen-bond acceptors (Lipinski definition) is 9. The van der Waals surface area contributed by atoms with E-state index in [4.69, 9.17) is 19.3 Å². The molecule has 0 saturated carbocycles. The van der Waals surface area contributed by atoms with Crippen LogP contribution >= 0.6 is 11.3 Å². The molecule has 0 amide bonds. The van der Waals surface area contributed by atoms with Gasteiger partial charge in [0.2, 0.25) is 0 Å². The summed E-state index contributed by atoms with van der Waals surface area (Å²) >= 11 is 1.23. The Morgan fingerprint density at radius 3 is 2.44 bits per heavy atom. The van der Waals surface area contributed by atoms with Crippen molar-refractivity contribution in [3.05, 3.63) is 127 Å². The number of aromatic nitrogens is 3. The van der Waals surface area contributed by atoms with E-state index in [1.807, 2.05) is 67.7 Å². The highest BCUT2D eigenvalue weighted by atomic mass is 32.1. The molecular formula is C37H34N4O6S. The van der Waals surface area contributed by atoms with Crippen molar-refractivity contribution in [3.8, 4) is 28.4 Å². The van der Waals surface area contributed by atoms with Crippen molar-refractivity contribution in [3.63, 3.8) is 0 Å². The second-order valence-electron chi connectivity index (χ2n) is 11.3. The highest BCUT2D eigenvalue weighted by molar-refractivity contribution is 7.07. The van der Waals surface area contributed by atoms with Crippen molar-refractivity contribution in [1.82, 2.24) is 14.3 Å². The first-order valence-corrected chi connectivity index (χ1v) is 16.3. The van der Waals surface area contributed by atoms with Gasteiger partial charge in [0.15, 0.2) is 4.80 Å². The second kappa shape index (κ2) is 13.7. The van der Waals surface area contributed by atoms with Gasteiger partial charge in [-0.25, -0.2) is 14.5 Å². The van der Waals surface area contributed by atoms with Crippen LogP contribution in [0.2, 0.25) is 0 Å². The number of hydrogen-bond donors (Lipinski definition) is 0. The molecule has 1 aliphatic heterocycles. The molecule has 48 heavy (non-hydrogen) atoms. The summed E-state index contributed by atoms with van der Waals surface area (Å²) in [6.07, 6.45) is 4.63. The fraction of sp³-hybridized carbons (Fsp3) is 0.216. The second-order valence-corrected chi connectivity index (χ2v) is 12.3. The fourth-order valence-electron chi connectivity index (χ4n) is 5.63. The molecule has 3 aromatic carbocycles. The number of esters is 2. The van der Waals surface area contributed by atoms with E-state index in [-0.39, 0.29) is 11.1 Å². The Morgan fingerprint density at radius 2 is 1.77 bits per heavy atom. The minimum Gasteiger partial charge on any atom is -0.493 e. The molecule has 0 bridgehead atoms. The molecular weight excluding hydrogens is 628 g/mol. The maximum absolute atomic E-state index is 14.3.